The molecule has 0 saturated heterocycles. The second-order valence-corrected chi connectivity index (χ2v) is 5.80. The summed E-state index contributed by atoms with van der Waals surface area (Å²) in [6.45, 7) is 3.92. The molecule has 4 heteroatoms. The van der Waals surface area contributed by atoms with E-state index in [1.807, 2.05) is 18.3 Å². The smallest absolute Gasteiger partial charge is 0.129 e. The molecule has 1 aliphatic heterocycles. The maximum Gasteiger partial charge on any atom is 0.129 e. The third-order valence-corrected chi connectivity index (χ3v) is 4.50. The van der Waals surface area contributed by atoms with Crippen LogP contribution in [-0.4, -0.2) is 11.5 Å². The van der Waals surface area contributed by atoms with Gasteiger partial charge in [0.25, 0.3) is 0 Å². The van der Waals surface area contributed by atoms with Crippen molar-refractivity contribution >= 4 is 27.4 Å². The molecule has 1 aromatic heterocycles. The number of nitrogens with two attached hydrogens (primary N) is 1. The van der Waals surface area contributed by atoms with E-state index in [-0.39, 0.29) is 0 Å². The fourth-order valence-electron chi connectivity index (χ4n) is 2.50. The molecule has 0 aliphatic carbocycles. The van der Waals surface area contributed by atoms with Crippen molar-refractivity contribution in [1.29, 1.82) is 0 Å². The first-order valence-electron chi connectivity index (χ1n) is 6.38. The molecule has 2 heterocycles. The molecule has 0 fully saturated rings. The van der Waals surface area contributed by atoms with Gasteiger partial charge in [-0.05, 0) is 58.1 Å². The fraction of sp³-hybridized carbons (Fsp3) is 0.267. The minimum absolute atomic E-state index is 0.843. The van der Waals surface area contributed by atoms with Crippen LogP contribution in [0.3, 0.4) is 0 Å². The van der Waals surface area contributed by atoms with Crippen molar-refractivity contribution in [2.45, 2.75) is 19.9 Å². The van der Waals surface area contributed by atoms with Crippen molar-refractivity contribution in [3.8, 4) is 0 Å². The highest BCUT2D eigenvalue weighted by molar-refractivity contribution is 9.10. The largest absolute Gasteiger partial charge is 0.398 e. The van der Waals surface area contributed by atoms with E-state index < -0.39 is 0 Å². The zero-order valence-electron chi connectivity index (χ0n) is 10.9. The van der Waals surface area contributed by atoms with Crippen LogP contribution in [-0.2, 0) is 13.0 Å². The van der Waals surface area contributed by atoms with Crippen LogP contribution in [0.25, 0.3) is 0 Å². The number of aryl methyl sites for hydroxylation is 1. The number of hydrogen-bond donors (Lipinski definition) is 1. The lowest BCUT2D eigenvalue weighted by molar-refractivity contribution is 0.722. The van der Waals surface area contributed by atoms with Crippen LogP contribution in [0.1, 0.15) is 16.7 Å². The second kappa shape index (κ2) is 4.85. The maximum absolute atomic E-state index is 6.08. The first-order chi connectivity index (χ1) is 9.15. The zero-order chi connectivity index (χ0) is 13.4. The number of nitrogens with zero attached hydrogens (tertiary/aromatic N) is 2. The van der Waals surface area contributed by atoms with E-state index in [0.717, 1.165) is 35.5 Å². The monoisotopic (exact) mass is 317 g/mol. The Morgan fingerprint density at radius 3 is 3.00 bits per heavy atom. The van der Waals surface area contributed by atoms with Crippen molar-refractivity contribution in [3.63, 3.8) is 0 Å². The fourth-order valence-corrected chi connectivity index (χ4v) is 2.72. The van der Waals surface area contributed by atoms with Gasteiger partial charge in [-0.25, -0.2) is 4.98 Å². The Kier molecular flexibility index (Phi) is 3.19. The Balaban J connectivity index is 1.93. The molecule has 98 valence electrons. The SMILES string of the molecule is Cc1cc(N2CCc3cccc(N)c3C2)ncc1Br. The van der Waals surface area contributed by atoms with Crippen LogP contribution in [0, 0.1) is 6.92 Å². The maximum atomic E-state index is 6.08. The van der Waals surface area contributed by atoms with Gasteiger partial charge in [-0.2, -0.15) is 0 Å². The third-order valence-electron chi connectivity index (χ3n) is 3.67. The summed E-state index contributed by atoms with van der Waals surface area (Å²) < 4.78 is 1.05. The highest BCUT2D eigenvalue weighted by atomic mass is 79.9. The number of nitrogen functional groups attached to an aromatic ring is 1. The quantitative estimate of drug-likeness (QED) is 0.821. The van der Waals surface area contributed by atoms with Crippen molar-refractivity contribution in [2.75, 3.05) is 17.2 Å². The molecule has 0 atom stereocenters. The number of pyridine rings is 1. The number of hydrogen-bond acceptors (Lipinski definition) is 3. The second-order valence-electron chi connectivity index (χ2n) is 4.95. The molecule has 1 aromatic carbocycles. The molecular weight excluding hydrogens is 302 g/mol. The third kappa shape index (κ3) is 2.32. The summed E-state index contributed by atoms with van der Waals surface area (Å²) in [5, 5.41) is 0. The van der Waals surface area contributed by atoms with Crippen molar-refractivity contribution in [1.82, 2.24) is 4.98 Å². The molecule has 1 aliphatic rings. The van der Waals surface area contributed by atoms with Gasteiger partial charge in [0.1, 0.15) is 5.82 Å². The van der Waals surface area contributed by atoms with Crippen LogP contribution >= 0.6 is 15.9 Å². The Labute approximate surface area is 121 Å². The van der Waals surface area contributed by atoms with Gasteiger partial charge in [0, 0.05) is 29.4 Å². The van der Waals surface area contributed by atoms with E-state index in [0.29, 0.717) is 0 Å². The van der Waals surface area contributed by atoms with Gasteiger partial charge in [-0.15, -0.1) is 0 Å². The summed E-state index contributed by atoms with van der Waals surface area (Å²) in [7, 11) is 0. The highest BCUT2D eigenvalue weighted by Crippen LogP contribution is 2.28. The highest BCUT2D eigenvalue weighted by Gasteiger charge is 2.19. The predicted octanol–water partition coefficient (Wildman–Crippen LogP) is 3.30. The zero-order valence-corrected chi connectivity index (χ0v) is 12.4. The molecule has 19 heavy (non-hydrogen) atoms. The Bertz CT molecular complexity index is 625. The molecule has 0 bridgehead atoms. The van der Waals surface area contributed by atoms with Crippen molar-refractivity contribution in [3.05, 3.63) is 51.6 Å². The number of benzene rings is 1. The first kappa shape index (κ1) is 12.5. The molecule has 3 rings (SSSR count). The summed E-state index contributed by atoms with van der Waals surface area (Å²) in [5.74, 6) is 1.02. The average Bonchev–Trinajstić information content (AvgIpc) is 2.42. The van der Waals surface area contributed by atoms with E-state index in [1.54, 1.807) is 0 Å². The molecule has 0 spiro atoms. The van der Waals surface area contributed by atoms with Crippen LogP contribution in [0.4, 0.5) is 11.5 Å². The molecular formula is C15H16BrN3. The Morgan fingerprint density at radius 2 is 2.21 bits per heavy atom. The van der Waals surface area contributed by atoms with E-state index >= 15 is 0 Å². The Morgan fingerprint density at radius 1 is 1.37 bits per heavy atom. The lowest BCUT2D eigenvalue weighted by Gasteiger charge is -2.30. The first-order valence-corrected chi connectivity index (χ1v) is 7.18. The normalized spacial score (nSPS) is 14.3. The van der Waals surface area contributed by atoms with Gasteiger partial charge in [-0.3, -0.25) is 0 Å². The summed E-state index contributed by atoms with van der Waals surface area (Å²) >= 11 is 3.49. The van der Waals surface area contributed by atoms with E-state index in [1.165, 1.54) is 16.7 Å². The number of anilines is 2. The topological polar surface area (TPSA) is 42.1 Å². The van der Waals surface area contributed by atoms with E-state index in [4.69, 9.17) is 5.73 Å². The minimum Gasteiger partial charge on any atom is -0.398 e. The van der Waals surface area contributed by atoms with E-state index in [2.05, 4.69) is 44.9 Å². The van der Waals surface area contributed by atoms with E-state index in [9.17, 15) is 0 Å². The van der Waals surface area contributed by atoms with Crippen LogP contribution < -0.4 is 10.6 Å². The lowest BCUT2D eigenvalue weighted by Crippen LogP contribution is -2.31. The number of fused-ring (bicyclic) bond motifs is 1. The summed E-state index contributed by atoms with van der Waals surface area (Å²) in [5.41, 5.74) is 10.8. The van der Waals surface area contributed by atoms with Gasteiger partial charge < -0.3 is 10.6 Å². The van der Waals surface area contributed by atoms with Gasteiger partial charge in [0.15, 0.2) is 0 Å². The molecule has 2 aromatic rings. The van der Waals surface area contributed by atoms with Gasteiger partial charge in [0.2, 0.25) is 0 Å². The molecule has 2 N–H and O–H groups in total. The van der Waals surface area contributed by atoms with Crippen LogP contribution in [0.2, 0.25) is 0 Å². The van der Waals surface area contributed by atoms with Crippen molar-refractivity contribution in [2.24, 2.45) is 0 Å². The van der Waals surface area contributed by atoms with Crippen LogP contribution in [0.5, 0.6) is 0 Å². The number of rotatable bonds is 1. The predicted molar refractivity (Wildman–Crippen MR) is 82.3 cm³/mol. The van der Waals surface area contributed by atoms with Gasteiger partial charge >= 0.3 is 0 Å². The molecule has 0 amide bonds. The molecule has 0 radical (unpaired) electrons. The van der Waals surface area contributed by atoms with Gasteiger partial charge in [-0.1, -0.05) is 12.1 Å². The standard InChI is InChI=1S/C15H16BrN3/c1-10-7-15(18-8-13(10)16)19-6-5-11-3-2-4-14(17)12(11)9-19/h2-4,7-8H,5-6,9,17H2,1H3. The average molecular weight is 318 g/mol. The molecule has 0 unspecified atom stereocenters. The van der Waals surface area contributed by atoms with Crippen LogP contribution in [0.15, 0.2) is 34.9 Å². The summed E-state index contributed by atoms with van der Waals surface area (Å²) in [4.78, 5) is 6.79. The summed E-state index contributed by atoms with van der Waals surface area (Å²) in [6, 6.07) is 8.30. The van der Waals surface area contributed by atoms with Crippen molar-refractivity contribution < 1.29 is 0 Å². The Hall–Kier alpha value is -1.55. The number of aromatic nitrogens is 1. The minimum atomic E-state index is 0.843. The molecule has 0 saturated carbocycles. The summed E-state index contributed by atoms with van der Waals surface area (Å²) in [6.07, 6.45) is 2.89. The number of halogens is 1. The lowest BCUT2D eigenvalue weighted by atomic mass is 9.98. The van der Waals surface area contributed by atoms with Gasteiger partial charge in [0.05, 0.1) is 0 Å². The molecule has 3 nitrogen and oxygen atoms in total.